The Balaban J connectivity index is 1.22. The monoisotopic (exact) mass is 726 g/mol. The summed E-state index contributed by atoms with van der Waals surface area (Å²) < 4.78 is 5.73. The second kappa shape index (κ2) is 15.2. The van der Waals surface area contributed by atoms with E-state index in [4.69, 9.17) is 14.7 Å². The zero-order valence-corrected chi connectivity index (χ0v) is 33.7. The molecule has 0 aromatic heterocycles. The molecular weight excluding hydrogens is 669 g/mol. The highest BCUT2D eigenvalue weighted by Crippen LogP contribution is 2.44. The van der Waals surface area contributed by atoms with Crippen LogP contribution < -0.4 is 4.74 Å². The third-order valence-corrected chi connectivity index (χ3v) is 11.3. The number of fused-ring (bicyclic) bond motifs is 2. The Labute approximate surface area is 322 Å². The predicted octanol–water partition coefficient (Wildman–Crippen LogP) is 10.4. The van der Waals surface area contributed by atoms with Crippen molar-refractivity contribution in [2.24, 2.45) is 27.7 Å². The molecule has 0 heterocycles. The minimum Gasteiger partial charge on any atom is -0.507 e. The lowest BCUT2D eigenvalue weighted by Gasteiger charge is -2.28. The number of aliphatic imine (C=N–C) groups is 2. The number of esters is 1. The average Bonchev–Trinajstić information content (AvgIpc) is 3.74. The van der Waals surface area contributed by atoms with Crippen LogP contribution in [0.4, 0.5) is 0 Å². The molecule has 0 unspecified atom stereocenters. The van der Waals surface area contributed by atoms with Crippen molar-refractivity contribution < 1.29 is 19.7 Å². The molecule has 5 atom stereocenters. The Hall–Kier alpha value is -4.63. The quantitative estimate of drug-likeness (QED) is 0.0870. The van der Waals surface area contributed by atoms with E-state index in [1.165, 1.54) is 5.56 Å². The van der Waals surface area contributed by atoms with Crippen molar-refractivity contribution in [1.82, 2.24) is 0 Å². The van der Waals surface area contributed by atoms with Crippen LogP contribution >= 0.6 is 0 Å². The highest BCUT2D eigenvalue weighted by molar-refractivity contribution is 5.86. The number of hydrogen-bond acceptors (Lipinski definition) is 6. The van der Waals surface area contributed by atoms with Gasteiger partial charge in [0, 0.05) is 45.8 Å². The van der Waals surface area contributed by atoms with Gasteiger partial charge >= 0.3 is 5.97 Å². The molecule has 3 aromatic carbocycles. The number of phenols is 2. The predicted molar refractivity (Wildman–Crippen MR) is 220 cm³/mol. The number of nitrogens with zero attached hydrogens (tertiary/aromatic N) is 2. The summed E-state index contributed by atoms with van der Waals surface area (Å²) in [6, 6.07) is 15.3. The van der Waals surface area contributed by atoms with Gasteiger partial charge in [-0.3, -0.25) is 14.8 Å². The smallest absolute Gasteiger partial charge is 0.314 e. The first kappa shape index (κ1) is 39.1. The number of benzene rings is 3. The van der Waals surface area contributed by atoms with Crippen molar-refractivity contribution in [3.05, 3.63) is 99.6 Å². The van der Waals surface area contributed by atoms with Gasteiger partial charge in [0.2, 0.25) is 0 Å². The highest BCUT2D eigenvalue weighted by Gasteiger charge is 2.41. The molecule has 0 amide bonds. The van der Waals surface area contributed by atoms with Crippen LogP contribution in [0.1, 0.15) is 140 Å². The van der Waals surface area contributed by atoms with Crippen LogP contribution in [0, 0.1) is 29.6 Å². The second-order valence-electron chi connectivity index (χ2n) is 18.7. The molecule has 2 saturated carbocycles. The molecule has 0 aliphatic heterocycles. The number of rotatable bonds is 6. The van der Waals surface area contributed by atoms with E-state index in [1.807, 2.05) is 30.5 Å². The normalized spacial score (nSPS) is 22.9. The maximum Gasteiger partial charge on any atom is 0.314 e. The van der Waals surface area contributed by atoms with Crippen molar-refractivity contribution in [1.29, 1.82) is 0 Å². The Morgan fingerprint density at radius 1 is 0.704 bits per heavy atom. The summed E-state index contributed by atoms with van der Waals surface area (Å²) in [5, 5.41) is 22.8. The first-order valence-electron chi connectivity index (χ1n) is 19.7. The molecular formula is C48H58N2O4. The summed E-state index contributed by atoms with van der Waals surface area (Å²) in [6.07, 6.45) is 13.9. The molecule has 284 valence electrons. The van der Waals surface area contributed by atoms with Gasteiger partial charge in [-0.15, -0.1) is 0 Å². The van der Waals surface area contributed by atoms with Gasteiger partial charge in [0.25, 0.3) is 0 Å². The van der Waals surface area contributed by atoms with E-state index in [1.54, 1.807) is 18.3 Å². The first-order chi connectivity index (χ1) is 25.4. The van der Waals surface area contributed by atoms with E-state index in [9.17, 15) is 15.0 Å². The van der Waals surface area contributed by atoms with Crippen molar-refractivity contribution in [3.63, 3.8) is 0 Å². The first-order valence-corrected chi connectivity index (χ1v) is 19.7. The SMILES string of the molecule is CC(C)(C)c1cc(C=N[C@@H]2CCCC[C@H]2N=Cc2cc(C#Cc3ccc(OC(=O)[C@H]4C[C@@H]5C=C[C@H]4C5)cc3)cc(C(C)(C)C)c2O)c(O)c(C(C)(C)C)c1. The third-order valence-electron chi connectivity index (χ3n) is 11.3. The molecule has 0 radical (unpaired) electrons. The lowest BCUT2D eigenvalue weighted by atomic mass is 9.79. The second-order valence-corrected chi connectivity index (χ2v) is 18.7. The van der Waals surface area contributed by atoms with E-state index in [2.05, 4.69) is 98.4 Å². The zero-order valence-electron chi connectivity index (χ0n) is 33.7. The van der Waals surface area contributed by atoms with Crippen molar-refractivity contribution in [2.45, 2.75) is 129 Å². The lowest BCUT2D eigenvalue weighted by molar-refractivity contribution is -0.139. The number of ether oxygens (including phenoxy) is 1. The van der Waals surface area contributed by atoms with Gasteiger partial charge in [0.05, 0.1) is 18.0 Å². The van der Waals surface area contributed by atoms with Crippen LogP contribution in [0.3, 0.4) is 0 Å². The van der Waals surface area contributed by atoms with Crippen molar-refractivity contribution >= 4 is 18.4 Å². The standard InChI is InChI=1S/C48H58N2O4/c1-46(2,3)36-26-35(44(52)40(27-36)48(7,8)9)29-50-42-13-11-10-12-41(42)49-28-34-23-32(25-39(43(34)51)47(4,5)6)15-14-30-17-20-37(21-18-30)54-45(53)38-24-31-16-19-33(38)22-31/h16-21,23,25-29,31,33,38,41-42,51-52H,10-13,22,24H2,1-9H3/t31-,33+,38+,41-,42-/m1/s1. The third kappa shape index (κ3) is 9.00. The molecule has 6 nitrogen and oxygen atoms in total. The number of phenolic OH excluding ortho intramolecular Hbond substituents is 2. The summed E-state index contributed by atoms with van der Waals surface area (Å²) >= 11 is 0. The van der Waals surface area contributed by atoms with Crippen molar-refractivity contribution in [2.75, 3.05) is 0 Å². The maximum atomic E-state index is 12.8. The van der Waals surface area contributed by atoms with Crippen LogP contribution in [-0.4, -0.2) is 40.7 Å². The molecule has 2 fully saturated rings. The average molecular weight is 727 g/mol. The highest BCUT2D eigenvalue weighted by atomic mass is 16.5. The molecule has 54 heavy (non-hydrogen) atoms. The molecule has 0 spiro atoms. The number of allylic oxidation sites excluding steroid dienone is 2. The molecule has 0 saturated heterocycles. The zero-order chi connectivity index (χ0) is 39.0. The summed E-state index contributed by atoms with van der Waals surface area (Å²) in [5.74, 6) is 8.21. The van der Waals surface area contributed by atoms with Crippen LogP contribution in [-0.2, 0) is 21.0 Å². The van der Waals surface area contributed by atoms with E-state index in [0.717, 1.165) is 66.3 Å². The van der Waals surface area contributed by atoms with E-state index < -0.39 is 0 Å². The van der Waals surface area contributed by atoms with Gasteiger partial charge < -0.3 is 14.9 Å². The molecule has 3 aliphatic rings. The number of carbonyl (C=O) groups excluding carboxylic acids is 1. The fraction of sp³-hybridized carbons (Fsp3) is 0.479. The minimum atomic E-state index is -0.322. The van der Waals surface area contributed by atoms with Gasteiger partial charge in [-0.05, 0) is 102 Å². The summed E-state index contributed by atoms with van der Waals surface area (Å²) in [6.45, 7) is 19.2. The van der Waals surface area contributed by atoms with Crippen LogP contribution in [0.5, 0.6) is 17.2 Å². The fourth-order valence-corrected chi connectivity index (χ4v) is 7.95. The maximum absolute atomic E-state index is 12.8. The molecule has 3 aliphatic carbocycles. The van der Waals surface area contributed by atoms with Gasteiger partial charge in [0.15, 0.2) is 0 Å². The fourth-order valence-electron chi connectivity index (χ4n) is 7.95. The Kier molecular flexibility index (Phi) is 11.0. The molecule has 3 aromatic rings. The Bertz CT molecular complexity index is 2020. The van der Waals surface area contributed by atoms with Gasteiger partial charge in [-0.1, -0.05) is 105 Å². The van der Waals surface area contributed by atoms with Gasteiger partial charge in [-0.25, -0.2) is 0 Å². The minimum absolute atomic E-state index is 0.0367. The Morgan fingerprint density at radius 3 is 1.78 bits per heavy atom. The van der Waals surface area contributed by atoms with E-state index in [-0.39, 0.29) is 51.7 Å². The molecule has 6 rings (SSSR count). The summed E-state index contributed by atoms with van der Waals surface area (Å²) in [7, 11) is 0. The van der Waals surface area contributed by atoms with Crippen LogP contribution in [0.25, 0.3) is 0 Å². The summed E-state index contributed by atoms with van der Waals surface area (Å²) in [4.78, 5) is 22.9. The van der Waals surface area contributed by atoms with E-state index >= 15 is 0 Å². The Morgan fingerprint density at radius 2 is 1.26 bits per heavy atom. The number of hydrogen-bond donors (Lipinski definition) is 2. The van der Waals surface area contributed by atoms with Gasteiger partial charge in [-0.2, -0.15) is 0 Å². The van der Waals surface area contributed by atoms with Crippen LogP contribution in [0.15, 0.2) is 70.7 Å². The van der Waals surface area contributed by atoms with Crippen molar-refractivity contribution in [3.8, 4) is 29.1 Å². The number of carbonyl (C=O) groups is 1. The topological polar surface area (TPSA) is 91.5 Å². The summed E-state index contributed by atoms with van der Waals surface area (Å²) in [5.41, 5.74) is 5.22. The van der Waals surface area contributed by atoms with E-state index in [0.29, 0.717) is 23.1 Å². The van der Waals surface area contributed by atoms with Crippen LogP contribution in [0.2, 0.25) is 0 Å². The molecule has 2 N–H and O–H groups in total. The lowest BCUT2D eigenvalue weighted by Crippen LogP contribution is -2.27. The molecule has 2 bridgehead atoms. The largest absolute Gasteiger partial charge is 0.507 e. The van der Waals surface area contributed by atoms with Gasteiger partial charge in [0.1, 0.15) is 17.2 Å². The number of aromatic hydroxyl groups is 2. The molecule has 6 heteroatoms.